The molecule has 0 saturated heterocycles. The maximum absolute atomic E-state index is 12.4. The summed E-state index contributed by atoms with van der Waals surface area (Å²) >= 11 is 0. The molecule has 0 aliphatic heterocycles. The van der Waals surface area contributed by atoms with Crippen molar-refractivity contribution in [2.45, 2.75) is 104 Å². The Bertz CT molecular complexity index is 992. The molecule has 11 heteroatoms. The van der Waals surface area contributed by atoms with E-state index in [0.29, 0.717) is 37.7 Å². The molecule has 2 aromatic heterocycles. The number of imidazole rings is 2. The quantitative estimate of drug-likeness (QED) is 0.213. The fourth-order valence-electron chi connectivity index (χ4n) is 3.78. The highest BCUT2D eigenvalue weighted by molar-refractivity contribution is 5.70. The normalized spacial score (nSPS) is 12.9. The molecular weight excluding hydrogens is 488 g/mol. The molecule has 0 amide bonds. The van der Waals surface area contributed by atoms with Crippen molar-refractivity contribution in [1.29, 1.82) is 0 Å². The number of carbonyl (C=O) groups excluding carboxylic acids is 2. The van der Waals surface area contributed by atoms with Gasteiger partial charge in [-0.15, -0.1) is 0 Å². The van der Waals surface area contributed by atoms with E-state index in [-0.39, 0.29) is 30.8 Å². The summed E-state index contributed by atoms with van der Waals surface area (Å²) in [4.78, 5) is 35.9. The van der Waals surface area contributed by atoms with Crippen LogP contribution < -0.4 is 5.73 Å². The van der Waals surface area contributed by atoms with Gasteiger partial charge >= 0.3 is 11.9 Å². The topological polar surface area (TPSA) is 138 Å². The van der Waals surface area contributed by atoms with Gasteiger partial charge in [0.15, 0.2) is 0 Å². The first-order chi connectivity index (χ1) is 17.6. The second kappa shape index (κ2) is 13.6. The van der Waals surface area contributed by atoms with Crippen LogP contribution in [0.25, 0.3) is 0 Å². The third-order valence-electron chi connectivity index (χ3n) is 5.44. The first kappa shape index (κ1) is 31.0. The number of carbonyl (C=O) groups is 2. The molecule has 3 N–H and O–H groups in total. The van der Waals surface area contributed by atoms with E-state index in [1.54, 1.807) is 33.9 Å². The average molecular weight is 533 g/mol. The van der Waals surface area contributed by atoms with Gasteiger partial charge in [0.05, 0.1) is 19.1 Å². The van der Waals surface area contributed by atoms with Gasteiger partial charge in [0.1, 0.15) is 41.7 Å². The fourth-order valence-corrected chi connectivity index (χ4v) is 3.78. The Kier molecular flexibility index (Phi) is 11.1. The van der Waals surface area contributed by atoms with Crippen molar-refractivity contribution in [3.05, 3.63) is 48.8 Å². The first-order valence-corrected chi connectivity index (χ1v) is 12.9. The second-order valence-corrected chi connectivity index (χ2v) is 11.4. The van der Waals surface area contributed by atoms with Crippen molar-refractivity contribution in [3.8, 4) is 0 Å². The molecule has 2 aromatic rings. The summed E-state index contributed by atoms with van der Waals surface area (Å²) < 4.78 is 14.5. The molecule has 2 rings (SSSR count). The van der Waals surface area contributed by atoms with E-state index in [4.69, 9.17) is 15.2 Å². The van der Waals surface area contributed by atoms with Gasteiger partial charge in [-0.2, -0.15) is 0 Å². The van der Waals surface area contributed by atoms with Crippen LogP contribution in [-0.2, 0) is 45.2 Å². The van der Waals surface area contributed by atoms with Gasteiger partial charge in [0.2, 0.25) is 0 Å². The Morgan fingerprint density at radius 3 is 1.79 bits per heavy atom. The number of unbranched alkanes of at least 4 members (excludes halogenated alkanes) is 1. The van der Waals surface area contributed by atoms with Gasteiger partial charge in [-0.1, -0.05) is 13.0 Å². The van der Waals surface area contributed by atoms with E-state index in [1.807, 2.05) is 41.5 Å². The number of ether oxygens (including phenoxy) is 2. The van der Waals surface area contributed by atoms with Gasteiger partial charge in [-0.05, 0) is 60.9 Å². The van der Waals surface area contributed by atoms with Gasteiger partial charge in [-0.25, -0.2) is 9.97 Å². The highest BCUT2D eigenvalue weighted by Gasteiger charge is 2.21. The molecule has 0 aliphatic rings. The Morgan fingerprint density at radius 1 is 0.947 bits per heavy atom. The summed E-state index contributed by atoms with van der Waals surface area (Å²) in [5.41, 5.74) is 4.75. The predicted molar refractivity (Wildman–Crippen MR) is 144 cm³/mol. The number of aliphatic hydroxyl groups excluding tert-OH is 1. The minimum atomic E-state index is -0.574. The molecule has 0 saturated carbocycles. The lowest BCUT2D eigenvalue weighted by Gasteiger charge is -2.24. The van der Waals surface area contributed by atoms with Crippen LogP contribution in [0.1, 0.15) is 72.5 Å². The van der Waals surface area contributed by atoms with E-state index >= 15 is 0 Å². The number of aliphatic hydroxyl groups is 1. The van der Waals surface area contributed by atoms with Crippen molar-refractivity contribution >= 4 is 11.9 Å². The maximum Gasteiger partial charge on any atom is 0.326 e. The molecule has 11 nitrogen and oxygen atoms in total. The molecule has 0 radical (unpaired) electrons. The summed E-state index contributed by atoms with van der Waals surface area (Å²) in [5.74, 6) is 0.724. The lowest BCUT2D eigenvalue weighted by atomic mass is 10.1. The van der Waals surface area contributed by atoms with E-state index in [2.05, 4.69) is 21.4 Å². The molecule has 0 unspecified atom stereocenters. The standard InChI is InChI=1S/C27H44N6O5/c1-20(34)21(28)10-8-9-13-31(16-22-29-11-14-32(22)18-24(35)37-26(2,3)4)17-23-30-12-15-33(23)19-25(36)38-27(5,6)7/h11-12,14-15,21,34H,1,8-10,13,16-19,28H2,2-7H3/t21-/m0/s1. The van der Waals surface area contributed by atoms with Crippen LogP contribution in [0.15, 0.2) is 37.1 Å². The maximum atomic E-state index is 12.4. The predicted octanol–water partition coefficient (Wildman–Crippen LogP) is 3.33. The summed E-state index contributed by atoms with van der Waals surface area (Å²) in [5, 5.41) is 9.49. The fraction of sp³-hybridized carbons (Fsp3) is 0.630. The van der Waals surface area contributed by atoms with Gasteiger partial charge in [0, 0.05) is 24.8 Å². The van der Waals surface area contributed by atoms with Crippen LogP contribution in [0, 0.1) is 0 Å². The van der Waals surface area contributed by atoms with Crippen molar-refractivity contribution in [2.24, 2.45) is 5.73 Å². The second-order valence-electron chi connectivity index (χ2n) is 11.4. The Hall–Kier alpha value is -3.18. The van der Waals surface area contributed by atoms with Crippen LogP contribution in [0.2, 0.25) is 0 Å². The molecule has 0 fully saturated rings. The van der Waals surface area contributed by atoms with Crippen molar-refractivity contribution < 1.29 is 24.2 Å². The van der Waals surface area contributed by atoms with E-state index in [9.17, 15) is 14.7 Å². The first-order valence-electron chi connectivity index (χ1n) is 12.9. The van der Waals surface area contributed by atoms with Crippen LogP contribution in [-0.4, -0.2) is 64.8 Å². The minimum Gasteiger partial charge on any atom is -0.511 e. The lowest BCUT2D eigenvalue weighted by molar-refractivity contribution is -0.156. The van der Waals surface area contributed by atoms with Gasteiger partial charge in [0.25, 0.3) is 0 Å². The van der Waals surface area contributed by atoms with E-state index in [1.165, 1.54) is 0 Å². The number of hydrogen-bond acceptors (Lipinski definition) is 9. The van der Waals surface area contributed by atoms with Crippen molar-refractivity contribution in [2.75, 3.05) is 6.54 Å². The van der Waals surface area contributed by atoms with Crippen LogP contribution in [0.4, 0.5) is 0 Å². The summed E-state index contributed by atoms with van der Waals surface area (Å²) in [7, 11) is 0. The molecule has 0 bridgehead atoms. The summed E-state index contributed by atoms with van der Waals surface area (Å²) in [6.07, 6.45) is 9.04. The number of hydrogen-bond donors (Lipinski definition) is 2. The summed E-state index contributed by atoms with van der Waals surface area (Å²) in [6, 6.07) is -0.455. The zero-order valence-corrected chi connectivity index (χ0v) is 23.6. The average Bonchev–Trinajstić information content (AvgIpc) is 3.37. The highest BCUT2D eigenvalue weighted by Crippen LogP contribution is 2.14. The number of nitrogens with zero attached hydrogens (tertiary/aromatic N) is 5. The van der Waals surface area contributed by atoms with Crippen molar-refractivity contribution in [3.63, 3.8) is 0 Å². The third kappa shape index (κ3) is 11.5. The van der Waals surface area contributed by atoms with E-state index < -0.39 is 17.2 Å². The largest absolute Gasteiger partial charge is 0.511 e. The number of esters is 2. The highest BCUT2D eigenvalue weighted by atomic mass is 16.6. The Morgan fingerprint density at radius 2 is 1.39 bits per heavy atom. The Balaban J connectivity index is 2.13. The Labute approximate surface area is 225 Å². The van der Waals surface area contributed by atoms with Crippen LogP contribution >= 0.6 is 0 Å². The molecular formula is C27H44N6O5. The number of rotatable bonds is 14. The summed E-state index contributed by atoms with van der Waals surface area (Å²) in [6.45, 7) is 16.2. The van der Waals surface area contributed by atoms with Crippen LogP contribution in [0.5, 0.6) is 0 Å². The number of nitrogens with two attached hydrogens (primary N) is 1. The van der Waals surface area contributed by atoms with Crippen LogP contribution in [0.3, 0.4) is 0 Å². The molecule has 0 spiro atoms. The molecule has 38 heavy (non-hydrogen) atoms. The van der Waals surface area contributed by atoms with Gasteiger partial charge < -0.3 is 29.4 Å². The van der Waals surface area contributed by atoms with Crippen molar-refractivity contribution in [1.82, 2.24) is 24.0 Å². The van der Waals surface area contributed by atoms with Gasteiger partial charge in [-0.3, -0.25) is 14.5 Å². The molecule has 2 heterocycles. The molecule has 0 aliphatic carbocycles. The molecule has 0 aromatic carbocycles. The SMILES string of the molecule is C=C(O)[C@@H](N)CCCCN(Cc1nccn1CC(=O)OC(C)(C)C)Cc1nccn1CC(=O)OC(C)(C)C. The number of aromatic nitrogens is 4. The smallest absolute Gasteiger partial charge is 0.326 e. The third-order valence-corrected chi connectivity index (χ3v) is 5.44. The minimum absolute atomic E-state index is 0.0183. The monoisotopic (exact) mass is 532 g/mol. The van der Waals surface area contributed by atoms with E-state index in [0.717, 1.165) is 12.8 Å². The lowest BCUT2D eigenvalue weighted by Crippen LogP contribution is -2.31. The zero-order valence-electron chi connectivity index (χ0n) is 23.6. The molecule has 1 atom stereocenters. The zero-order chi connectivity index (χ0) is 28.5. The molecule has 212 valence electrons.